The Labute approximate surface area is 315 Å². The van der Waals surface area contributed by atoms with Gasteiger partial charge in [-0.05, 0) is 66.4 Å². The molecule has 54 heavy (non-hydrogen) atoms. The Balaban J connectivity index is 0.000000201. The number of aromatic nitrogens is 4. The molecule has 2 aliphatic rings. The van der Waals surface area contributed by atoms with Crippen LogP contribution >= 0.6 is 0 Å². The van der Waals surface area contributed by atoms with Gasteiger partial charge in [0.1, 0.15) is 12.3 Å². The Morgan fingerprint density at radius 2 is 1.74 bits per heavy atom. The number of nitrogens with zero attached hydrogens (tertiary/aromatic N) is 5. The van der Waals surface area contributed by atoms with Crippen molar-refractivity contribution in [3.63, 3.8) is 0 Å². The maximum atomic E-state index is 14.2. The summed E-state index contributed by atoms with van der Waals surface area (Å²) in [5, 5.41) is 10.5. The van der Waals surface area contributed by atoms with Gasteiger partial charge in [0.05, 0.1) is 24.8 Å². The smallest absolute Gasteiger partial charge is 0.237 e. The highest BCUT2D eigenvalue weighted by Crippen LogP contribution is 2.31. The maximum Gasteiger partial charge on any atom is 0.237 e. The number of likely N-dealkylation sites (tertiary alicyclic amines) is 1. The van der Waals surface area contributed by atoms with Gasteiger partial charge in [-0.3, -0.25) is 19.6 Å². The normalized spacial score (nSPS) is 15.4. The van der Waals surface area contributed by atoms with Crippen molar-refractivity contribution in [2.75, 3.05) is 65.5 Å². The van der Waals surface area contributed by atoms with E-state index < -0.39 is 5.82 Å². The number of carbonyl (C=O) groups is 2. The summed E-state index contributed by atoms with van der Waals surface area (Å²) >= 11 is 0. The molecule has 1 saturated heterocycles. The highest BCUT2D eigenvalue weighted by molar-refractivity contribution is 5.96. The zero-order valence-corrected chi connectivity index (χ0v) is 31.3. The molecule has 0 saturated carbocycles. The largest absolute Gasteiger partial charge is 0.488 e. The summed E-state index contributed by atoms with van der Waals surface area (Å²) in [6.45, 7) is 8.41. The van der Waals surface area contributed by atoms with E-state index in [1.165, 1.54) is 17.2 Å². The lowest BCUT2D eigenvalue weighted by Gasteiger charge is -2.28. The van der Waals surface area contributed by atoms with Crippen LogP contribution in [0.3, 0.4) is 0 Å². The fourth-order valence-electron chi connectivity index (χ4n) is 6.26. The zero-order valence-electron chi connectivity index (χ0n) is 31.3. The van der Waals surface area contributed by atoms with Crippen LogP contribution in [-0.2, 0) is 19.1 Å². The van der Waals surface area contributed by atoms with Gasteiger partial charge < -0.3 is 24.4 Å². The number of amides is 2. The van der Waals surface area contributed by atoms with Crippen molar-refractivity contribution < 1.29 is 28.2 Å². The van der Waals surface area contributed by atoms with Crippen molar-refractivity contribution in [1.29, 1.82) is 0 Å². The number of H-pyrrole nitrogens is 1. The molecule has 1 unspecified atom stereocenters. The third-order valence-electron chi connectivity index (χ3n) is 9.10. The molecule has 3 aromatic carbocycles. The summed E-state index contributed by atoms with van der Waals surface area (Å²) in [5.41, 5.74) is 6.16. The quantitative estimate of drug-likeness (QED) is 0.109. The molecule has 2 amide bonds. The molecule has 12 nitrogen and oxygen atoms in total. The van der Waals surface area contributed by atoms with Gasteiger partial charge in [0.25, 0.3) is 0 Å². The lowest BCUT2D eigenvalue weighted by atomic mass is 9.98. The first-order valence-electron chi connectivity index (χ1n) is 18.2. The van der Waals surface area contributed by atoms with Crippen LogP contribution in [-0.4, -0.2) is 109 Å². The van der Waals surface area contributed by atoms with E-state index in [0.29, 0.717) is 43.1 Å². The van der Waals surface area contributed by atoms with Gasteiger partial charge in [-0.15, -0.1) is 0 Å². The van der Waals surface area contributed by atoms with E-state index in [4.69, 9.17) is 14.2 Å². The third kappa shape index (κ3) is 10.3. The second kappa shape index (κ2) is 20.1. The Morgan fingerprint density at radius 1 is 0.981 bits per heavy atom. The molecule has 1 atom stereocenters. The SMILES string of the molecule is CC.COC1CCN(CC(=O)N2CC=C(c3ccc(-c4ncccn4)cc3)CC2)C1.COCCOc1ccc(-c2n[nH]c3ccc(NC=O)cc23)cc1F. The number of fused-ring (bicyclic) bond motifs is 1. The van der Waals surface area contributed by atoms with Crippen molar-refractivity contribution in [3.05, 3.63) is 96.6 Å². The Hall–Kier alpha value is -5.50. The summed E-state index contributed by atoms with van der Waals surface area (Å²) in [6.07, 6.45) is 8.45. The van der Waals surface area contributed by atoms with E-state index >= 15 is 0 Å². The van der Waals surface area contributed by atoms with Crippen LogP contribution in [0, 0.1) is 5.82 Å². The molecule has 5 aromatic rings. The van der Waals surface area contributed by atoms with E-state index in [1.54, 1.807) is 56.9 Å². The number of hydrogen-bond acceptors (Lipinski definition) is 9. The van der Waals surface area contributed by atoms with Crippen LogP contribution < -0.4 is 10.1 Å². The molecule has 0 spiro atoms. The van der Waals surface area contributed by atoms with Crippen LogP contribution in [0.1, 0.15) is 32.3 Å². The predicted molar refractivity (Wildman–Crippen MR) is 208 cm³/mol. The fraction of sp³-hybridized carbons (Fsp3) is 0.341. The Kier molecular flexibility index (Phi) is 14.8. The van der Waals surface area contributed by atoms with Crippen LogP contribution in [0.2, 0.25) is 0 Å². The van der Waals surface area contributed by atoms with Crippen molar-refractivity contribution in [2.24, 2.45) is 0 Å². The molecule has 4 heterocycles. The second-order valence-electron chi connectivity index (χ2n) is 12.4. The standard InChI is InChI=1S/C22H26N4O2.C17H16FN3O3.C2H6/c1-28-20-9-12-25(15-20)16-21(27)26-13-7-18(8-14-26)17-3-5-19(6-4-17)22-23-10-2-11-24-22;1-23-6-7-24-16-5-2-11(8-14(16)18)17-13-9-12(19-10-22)3-4-15(13)20-21-17;1-2/h2-7,10-11,20H,8-9,12-16H2,1H3;2-5,8-10H,6-7H2,1H3,(H,19,22)(H,20,21);1-2H3. The minimum atomic E-state index is -0.470. The molecule has 2 N–H and O–H groups in total. The number of halogens is 1. The van der Waals surface area contributed by atoms with Crippen LogP contribution in [0.25, 0.3) is 39.1 Å². The molecule has 13 heteroatoms. The van der Waals surface area contributed by atoms with Crippen LogP contribution in [0.5, 0.6) is 5.75 Å². The van der Waals surface area contributed by atoms with Gasteiger partial charge in [0.2, 0.25) is 12.3 Å². The van der Waals surface area contributed by atoms with Crippen molar-refractivity contribution >= 4 is 34.5 Å². The van der Waals surface area contributed by atoms with Gasteiger partial charge in [-0.25, -0.2) is 14.4 Å². The van der Waals surface area contributed by atoms with Crippen LogP contribution in [0.4, 0.5) is 10.1 Å². The molecular weight excluding hydrogens is 689 g/mol. The average molecular weight is 738 g/mol. The third-order valence-corrected chi connectivity index (χ3v) is 9.10. The summed E-state index contributed by atoms with van der Waals surface area (Å²) in [6, 6.07) is 20.2. The number of hydrogen-bond donors (Lipinski definition) is 2. The maximum absolute atomic E-state index is 14.2. The number of anilines is 1. The van der Waals surface area contributed by atoms with Gasteiger partial charge >= 0.3 is 0 Å². The zero-order chi connectivity index (χ0) is 38.3. The first kappa shape index (κ1) is 39.7. The molecule has 7 rings (SSSR count). The van der Waals surface area contributed by atoms with Crippen molar-refractivity contribution in [3.8, 4) is 28.4 Å². The molecule has 0 bridgehead atoms. The van der Waals surface area contributed by atoms with E-state index in [-0.39, 0.29) is 24.4 Å². The first-order chi connectivity index (χ1) is 26.4. The van der Waals surface area contributed by atoms with Gasteiger partial charge in [-0.2, -0.15) is 5.10 Å². The van der Waals surface area contributed by atoms with E-state index in [2.05, 4.69) is 60.7 Å². The molecule has 0 aliphatic carbocycles. The minimum absolute atomic E-state index is 0.166. The van der Waals surface area contributed by atoms with Gasteiger partial charge in [0, 0.05) is 75.0 Å². The topological polar surface area (TPSA) is 135 Å². The lowest BCUT2D eigenvalue weighted by molar-refractivity contribution is -0.131. The molecule has 284 valence electrons. The van der Waals surface area contributed by atoms with Gasteiger partial charge in [0.15, 0.2) is 17.4 Å². The Bertz CT molecular complexity index is 1990. The van der Waals surface area contributed by atoms with Crippen molar-refractivity contribution in [2.45, 2.75) is 32.8 Å². The molecule has 2 aliphatic heterocycles. The number of ether oxygens (including phenoxy) is 3. The highest BCUT2D eigenvalue weighted by Gasteiger charge is 2.26. The predicted octanol–water partition coefficient (Wildman–Crippen LogP) is 6.47. The number of aromatic amines is 1. The number of rotatable bonds is 12. The van der Waals surface area contributed by atoms with Crippen molar-refractivity contribution in [1.82, 2.24) is 30.0 Å². The summed E-state index contributed by atoms with van der Waals surface area (Å²) in [5.74, 6) is 0.644. The number of carbonyl (C=O) groups excluding carboxylic acids is 2. The summed E-state index contributed by atoms with van der Waals surface area (Å²) in [7, 11) is 3.30. The first-order valence-corrected chi connectivity index (χ1v) is 18.2. The minimum Gasteiger partial charge on any atom is -0.488 e. The van der Waals surface area contributed by atoms with E-state index in [0.717, 1.165) is 54.8 Å². The fourth-order valence-corrected chi connectivity index (χ4v) is 6.26. The molecule has 1 fully saturated rings. The summed E-state index contributed by atoms with van der Waals surface area (Å²) < 4.78 is 29.8. The second-order valence-corrected chi connectivity index (χ2v) is 12.4. The number of nitrogens with one attached hydrogen (secondary N) is 2. The molecule has 0 radical (unpaired) electrons. The Morgan fingerprint density at radius 3 is 2.41 bits per heavy atom. The summed E-state index contributed by atoms with van der Waals surface area (Å²) in [4.78, 5) is 35.9. The number of methoxy groups -OCH3 is 2. The monoisotopic (exact) mass is 737 g/mol. The number of benzene rings is 3. The van der Waals surface area contributed by atoms with Gasteiger partial charge in [-0.1, -0.05) is 44.2 Å². The van der Waals surface area contributed by atoms with E-state index in [9.17, 15) is 14.0 Å². The average Bonchev–Trinajstić information content (AvgIpc) is 3.87. The molecule has 2 aromatic heterocycles. The van der Waals surface area contributed by atoms with Crippen LogP contribution in [0.15, 0.2) is 85.2 Å². The van der Waals surface area contributed by atoms with E-state index in [1.807, 2.05) is 24.8 Å². The molecular formula is C41H48FN7O5. The lowest BCUT2D eigenvalue weighted by Crippen LogP contribution is -2.41. The highest BCUT2D eigenvalue weighted by atomic mass is 19.1.